The SMILES string of the molecule is COC(=O)c1cccc(C#Cc2cccc(NC(=O)N3CCc4ccccc4C3)c2)c1. The van der Waals surface area contributed by atoms with Crippen LogP contribution in [0.5, 0.6) is 0 Å². The summed E-state index contributed by atoms with van der Waals surface area (Å²) in [4.78, 5) is 26.2. The van der Waals surface area contributed by atoms with Crippen LogP contribution >= 0.6 is 0 Å². The predicted molar refractivity (Wildman–Crippen MR) is 120 cm³/mol. The number of esters is 1. The lowest BCUT2D eigenvalue weighted by molar-refractivity contribution is 0.0600. The van der Waals surface area contributed by atoms with Crippen molar-refractivity contribution in [2.24, 2.45) is 0 Å². The van der Waals surface area contributed by atoms with E-state index >= 15 is 0 Å². The van der Waals surface area contributed by atoms with Gasteiger partial charge in [-0.1, -0.05) is 48.2 Å². The fourth-order valence-electron chi connectivity index (χ4n) is 3.53. The second-order valence-corrected chi connectivity index (χ2v) is 7.27. The van der Waals surface area contributed by atoms with Crippen molar-refractivity contribution in [1.29, 1.82) is 0 Å². The molecule has 0 spiro atoms. The number of benzene rings is 3. The van der Waals surface area contributed by atoms with E-state index < -0.39 is 5.97 Å². The highest BCUT2D eigenvalue weighted by atomic mass is 16.5. The number of rotatable bonds is 2. The normalized spacial score (nSPS) is 12.2. The monoisotopic (exact) mass is 410 g/mol. The summed E-state index contributed by atoms with van der Waals surface area (Å²) in [5, 5.41) is 2.97. The molecule has 0 fully saturated rings. The maximum atomic E-state index is 12.7. The number of amides is 2. The maximum Gasteiger partial charge on any atom is 0.337 e. The van der Waals surface area contributed by atoms with Crippen LogP contribution < -0.4 is 5.32 Å². The van der Waals surface area contributed by atoms with E-state index in [1.54, 1.807) is 18.2 Å². The topological polar surface area (TPSA) is 58.6 Å². The molecule has 0 saturated carbocycles. The number of nitrogens with one attached hydrogen (secondary N) is 1. The molecule has 2 amide bonds. The molecule has 0 unspecified atom stereocenters. The van der Waals surface area contributed by atoms with Crippen molar-refractivity contribution < 1.29 is 14.3 Å². The Hall–Kier alpha value is -4.04. The number of carbonyl (C=O) groups excluding carboxylic acids is 2. The molecule has 4 rings (SSSR count). The molecule has 5 nitrogen and oxygen atoms in total. The van der Waals surface area contributed by atoms with Gasteiger partial charge in [0.1, 0.15) is 0 Å². The standard InChI is InChI=1S/C26H22N2O3/c1-31-25(29)22-10-4-6-19(16-22)12-13-20-7-5-11-24(17-20)27-26(30)28-15-14-21-8-2-3-9-23(21)18-28/h2-11,16-17H,14-15,18H2,1H3,(H,27,30). The van der Waals surface area contributed by atoms with Gasteiger partial charge in [0, 0.05) is 29.9 Å². The summed E-state index contributed by atoms with van der Waals surface area (Å²) in [6.45, 7) is 1.30. The third-order valence-corrected chi connectivity index (χ3v) is 5.17. The third-order valence-electron chi connectivity index (χ3n) is 5.17. The van der Waals surface area contributed by atoms with Gasteiger partial charge in [0.2, 0.25) is 0 Å². The van der Waals surface area contributed by atoms with Crippen molar-refractivity contribution in [2.75, 3.05) is 19.0 Å². The van der Waals surface area contributed by atoms with Gasteiger partial charge in [-0.3, -0.25) is 0 Å². The zero-order valence-corrected chi connectivity index (χ0v) is 17.2. The van der Waals surface area contributed by atoms with E-state index in [9.17, 15) is 9.59 Å². The van der Waals surface area contributed by atoms with Crippen molar-refractivity contribution in [1.82, 2.24) is 4.90 Å². The first kappa shape index (κ1) is 20.2. The second-order valence-electron chi connectivity index (χ2n) is 7.27. The summed E-state index contributed by atoms with van der Waals surface area (Å²) >= 11 is 0. The highest BCUT2D eigenvalue weighted by molar-refractivity contribution is 5.90. The van der Waals surface area contributed by atoms with Gasteiger partial charge in [-0.05, 0) is 53.9 Å². The Balaban J connectivity index is 1.44. The van der Waals surface area contributed by atoms with Crippen molar-refractivity contribution >= 4 is 17.7 Å². The summed E-state index contributed by atoms with van der Waals surface area (Å²) in [5.41, 5.74) is 5.13. The van der Waals surface area contributed by atoms with E-state index in [1.807, 2.05) is 47.4 Å². The molecule has 0 aliphatic carbocycles. The van der Waals surface area contributed by atoms with Crippen LogP contribution in [0.25, 0.3) is 0 Å². The van der Waals surface area contributed by atoms with E-state index in [4.69, 9.17) is 4.74 Å². The summed E-state index contributed by atoms with van der Waals surface area (Å²) in [6.07, 6.45) is 0.861. The average molecular weight is 410 g/mol. The molecule has 0 aromatic heterocycles. The van der Waals surface area contributed by atoms with Crippen molar-refractivity contribution in [2.45, 2.75) is 13.0 Å². The van der Waals surface area contributed by atoms with Crippen molar-refractivity contribution in [3.63, 3.8) is 0 Å². The molecule has 3 aromatic carbocycles. The largest absolute Gasteiger partial charge is 0.465 e. The fraction of sp³-hybridized carbons (Fsp3) is 0.154. The maximum absolute atomic E-state index is 12.7. The molecule has 0 radical (unpaired) electrons. The molecule has 1 N–H and O–H groups in total. The van der Waals surface area contributed by atoms with Crippen LogP contribution in [-0.4, -0.2) is 30.6 Å². The predicted octanol–water partition coefficient (Wildman–Crippen LogP) is 4.46. The van der Waals surface area contributed by atoms with E-state index in [0.29, 0.717) is 29.9 Å². The Bertz CT molecular complexity index is 1190. The van der Waals surface area contributed by atoms with E-state index in [0.717, 1.165) is 12.0 Å². The van der Waals surface area contributed by atoms with Crippen LogP contribution in [0.1, 0.15) is 32.6 Å². The number of hydrogen-bond acceptors (Lipinski definition) is 3. The lowest BCUT2D eigenvalue weighted by Crippen LogP contribution is -2.38. The Labute approximate surface area is 181 Å². The lowest BCUT2D eigenvalue weighted by Gasteiger charge is -2.29. The van der Waals surface area contributed by atoms with Crippen LogP contribution in [0.4, 0.5) is 10.5 Å². The van der Waals surface area contributed by atoms with Crippen LogP contribution in [0.2, 0.25) is 0 Å². The number of carbonyl (C=O) groups is 2. The van der Waals surface area contributed by atoms with E-state index in [2.05, 4.69) is 29.3 Å². The van der Waals surface area contributed by atoms with E-state index in [-0.39, 0.29) is 6.03 Å². The van der Waals surface area contributed by atoms with Gasteiger partial charge < -0.3 is 15.0 Å². The van der Waals surface area contributed by atoms with Gasteiger partial charge in [0.25, 0.3) is 0 Å². The fourth-order valence-corrected chi connectivity index (χ4v) is 3.53. The highest BCUT2D eigenvalue weighted by Gasteiger charge is 2.20. The number of urea groups is 1. The van der Waals surface area contributed by atoms with Gasteiger partial charge in [0.05, 0.1) is 12.7 Å². The van der Waals surface area contributed by atoms with Crippen LogP contribution in [0, 0.1) is 11.8 Å². The molecule has 3 aromatic rings. The Morgan fingerprint density at radius 3 is 2.39 bits per heavy atom. The van der Waals surface area contributed by atoms with Gasteiger partial charge in [-0.2, -0.15) is 0 Å². The minimum atomic E-state index is -0.395. The first-order valence-electron chi connectivity index (χ1n) is 10.1. The Kier molecular flexibility index (Phi) is 6.00. The molecular formula is C26H22N2O3. The summed E-state index contributed by atoms with van der Waals surface area (Å²) < 4.78 is 4.74. The van der Waals surface area contributed by atoms with Crippen molar-refractivity contribution in [3.05, 3.63) is 101 Å². The highest BCUT2D eigenvalue weighted by Crippen LogP contribution is 2.20. The van der Waals surface area contributed by atoms with Crippen LogP contribution in [-0.2, 0) is 17.7 Å². The molecule has 1 aliphatic heterocycles. The molecular weight excluding hydrogens is 388 g/mol. The molecule has 0 bridgehead atoms. The number of methoxy groups -OCH3 is 1. The zero-order valence-electron chi connectivity index (χ0n) is 17.2. The number of fused-ring (bicyclic) bond motifs is 1. The Morgan fingerprint density at radius 2 is 1.61 bits per heavy atom. The quantitative estimate of drug-likeness (QED) is 0.501. The number of ether oxygens (including phenoxy) is 1. The van der Waals surface area contributed by atoms with Crippen molar-refractivity contribution in [3.8, 4) is 11.8 Å². The summed E-state index contributed by atoms with van der Waals surface area (Å²) in [5.74, 6) is 5.74. The lowest BCUT2D eigenvalue weighted by atomic mass is 10.0. The van der Waals surface area contributed by atoms with Crippen LogP contribution in [0.15, 0.2) is 72.8 Å². The van der Waals surface area contributed by atoms with Gasteiger partial charge in [0.15, 0.2) is 0 Å². The molecule has 154 valence electrons. The number of nitrogens with zero attached hydrogens (tertiary/aromatic N) is 1. The molecule has 0 saturated heterocycles. The molecule has 1 aliphatic rings. The zero-order chi connectivity index (χ0) is 21.6. The van der Waals surface area contributed by atoms with Gasteiger partial charge >= 0.3 is 12.0 Å². The molecule has 31 heavy (non-hydrogen) atoms. The van der Waals surface area contributed by atoms with Gasteiger partial charge in [-0.25, -0.2) is 9.59 Å². The average Bonchev–Trinajstić information content (AvgIpc) is 2.82. The number of anilines is 1. The second kappa shape index (κ2) is 9.19. The Morgan fingerprint density at radius 1 is 0.903 bits per heavy atom. The first-order chi connectivity index (χ1) is 15.1. The smallest absolute Gasteiger partial charge is 0.337 e. The van der Waals surface area contributed by atoms with Crippen LogP contribution in [0.3, 0.4) is 0 Å². The molecule has 5 heteroatoms. The summed E-state index contributed by atoms with van der Waals surface area (Å²) in [6, 6.07) is 22.5. The molecule has 0 atom stereocenters. The summed E-state index contributed by atoms with van der Waals surface area (Å²) in [7, 11) is 1.35. The molecule has 1 heterocycles. The minimum Gasteiger partial charge on any atom is -0.465 e. The third kappa shape index (κ3) is 4.93. The first-order valence-corrected chi connectivity index (χ1v) is 10.1. The van der Waals surface area contributed by atoms with E-state index in [1.165, 1.54) is 18.2 Å². The number of hydrogen-bond donors (Lipinski definition) is 1. The van der Waals surface area contributed by atoms with Gasteiger partial charge in [-0.15, -0.1) is 0 Å². The minimum absolute atomic E-state index is 0.120.